The summed E-state index contributed by atoms with van der Waals surface area (Å²) in [6.45, 7) is 2.15. The standard InChI is InChI=1S/C22H23N5O2/c1-15(26-18-5-4-12-24-14-18)21(28)25-13-16-8-10-17(11-9-16)22(29)27-20-7-3-2-6-19(20)23/h2-12,14-15,26H,13,23H2,1H3,(H,25,28)(H,27,29). The summed E-state index contributed by atoms with van der Waals surface area (Å²) in [7, 11) is 0. The van der Waals surface area contributed by atoms with E-state index in [4.69, 9.17) is 5.73 Å². The van der Waals surface area contributed by atoms with Crippen LogP contribution < -0.4 is 21.7 Å². The molecular weight excluding hydrogens is 366 g/mol. The highest BCUT2D eigenvalue weighted by atomic mass is 16.2. The third-order valence-corrected chi connectivity index (χ3v) is 4.33. The first-order valence-corrected chi connectivity index (χ1v) is 9.22. The van der Waals surface area contributed by atoms with E-state index in [1.165, 1.54) is 0 Å². The number of hydrogen-bond donors (Lipinski definition) is 4. The minimum absolute atomic E-state index is 0.129. The fraction of sp³-hybridized carbons (Fsp3) is 0.136. The van der Waals surface area contributed by atoms with Crippen molar-refractivity contribution in [3.8, 4) is 0 Å². The number of nitrogen functional groups attached to an aromatic ring is 1. The molecule has 0 fully saturated rings. The predicted molar refractivity (Wildman–Crippen MR) is 114 cm³/mol. The van der Waals surface area contributed by atoms with Crippen LogP contribution in [0.5, 0.6) is 0 Å². The molecule has 0 aliphatic heterocycles. The molecule has 0 aliphatic carbocycles. The molecule has 1 unspecified atom stereocenters. The number of rotatable bonds is 7. The number of nitrogens with two attached hydrogens (primary N) is 1. The summed E-state index contributed by atoms with van der Waals surface area (Å²) in [4.78, 5) is 28.6. The van der Waals surface area contributed by atoms with Crippen molar-refractivity contribution in [2.24, 2.45) is 0 Å². The fourth-order valence-corrected chi connectivity index (χ4v) is 2.69. The van der Waals surface area contributed by atoms with E-state index >= 15 is 0 Å². The lowest BCUT2D eigenvalue weighted by Gasteiger charge is -2.15. The molecule has 0 spiro atoms. The largest absolute Gasteiger partial charge is 0.397 e. The molecule has 7 heteroatoms. The number of carbonyl (C=O) groups is 2. The van der Waals surface area contributed by atoms with E-state index in [0.717, 1.165) is 11.3 Å². The minimum atomic E-state index is -0.402. The van der Waals surface area contributed by atoms with Crippen molar-refractivity contribution >= 4 is 28.9 Å². The van der Waals surface area contributed by atoms with Crippen LogP contribution in [0.2, 0.25) is 0 Å². The second kappa shape index (κ2) is 9.36. The zero-order chi connectivity index (χ0) is 20.6. The molecular formula is C22H23N5O2. The number of aromatic nitrogens is 1. The summed E-state index contributed by atoms with van der Waals surface area (Å²) >= 11 is 0. The maximum atomic E-state index is 12.4. The number of amides is 2. The Morgan fingerprint density at radius 1 is 1.03 bits per heavy atom. The van der Waals surface area contributed by atoms with Crippen molar-refractivity contribution in [3.63, 3.8) is 0 Å². The molecule has 1 heterocycles. The molecule has 1 aromatic heterocycles. The van der Waals surface area contributed by atoms with Gasteiger partial charge in [0.2, 0.25) is 5.91 Å². The Morgan fingerprint density at radius 3 is 2.48 bits per heavy atom. The summed E-state index contributed by atoms with van der Waals surface area (Å²) in [5, 5.41) is 8.76. The molecule has 2 aromatic carbocycles. The molecule has 0 saturated heterocycles. The Bertz CT molecular complexity index is 974. The maximum Gasteiger partial charge on any atom is 0.255 e. The topological polar surface area (TPSA) is 109 Å². The summed E-state index contributed by atoms with van der Waals surface area (Å²) in [6, 6.07) is 17.4. The molecule has 29 heavy (non-hydrogen) atoms. The van der Waals surface area contributed by atoms with Crippen LogP contribution in [0.15, 0.2) is 73.1 Å². The van der Waals surface area contributed by atoms with Gasteiger partial charge in [0.05, 0.1) is 17.1 Å². The van der Waals surface area contributed by atoms with E-state index in [2.05, 4.69) is 20.9 Å². The van der Waals surface area contributed by atoms with Gasteiger partial charge in [0, 0.05) is 24.5 Å². The molecule has 0 bridgehead atoms. The highest BCUT2D eigenvalue weighted by molar-refractivity contribution is 6.05. The van der Waals surface area contributed by atoms with Gasteiger partial charge in [-0.15, -0.1) is 0 Å². The Kier molecular flexibility index (Phi) is 6.42. The zero-order valence-electron chi connectivity index (χ0n) is 16.1. The van der Waals surface area contributed by atoms with E-state index in [9.17, 15) is 9.59 Å². The van der Waals surface area contributed by atoms with Crippen LogP contribution in [-0.2, 0) is 11.3 Å². The van der Waals surface area contributed by atoms with Gasteiger partial charge in [0.15, 0.2) is 0 Å². The number of nitrogens with one attached hydrogen (secondary N) is 3. The summed E-state index contributed by atoms with van der Waals surface area (Å²) in [6.07, 6.45) is 3.34. The van der Waals surface area contributed by atoms with Gasteiger partial charge >= 0.3 is 0 Å². The third kappa shape index (κ3) is 5.55. The quantitative estimate of drug-likeness (QED) is 0.465. The highest BCUT2D eigenvalue weighted by Gasteiger charge is 2.12. The normalized spacial score (nSPS) is 11.3. The maximum absolute atomic E-state index is 12.4. The molecule has 148 valence electrons. The van der Waals surface area contributed by atoms with Crippen LogP contribution in [0.25, 0.3) is 0 Å². The Balaban J connectivity index is 1.51. The molecule has 0 saturated carbocycles. The number of anilines is 3. The number of carbonyl (C=O) groups excluding carboxylic acids is 2. The van der Waals surface area contributed by atoms with E-state index in [-0.39, 0.29) is 11.8 Å². The third-order valence-electron chi connectivity index (χ3n) is 4.33. The highest BCUT2D eigenvalue weighted by Crippen LogP contribution is 2.18. The monoisotopic (exact) mass is 389 g/mol. The van der Waals surface area contributed by atoms with Crippen molar-refractivity contribution in [3.05, 3.63) is 84.2 Å². The Labute approximate surface area is 169 Å². The van der Waals surface area contributed by atoms with Crippen molar-refractivity contribution in [1.29, 1.82) is 0 Å². The molecule has 3 aromatic rings. The fourth-order valence-electron chi connectivity index (χ4n) is 2.69. The molecule has 7 nitrogen and oxygen atoms in total. The lowest BCUT2D eigenvalue weighted by atomic mass is 10.1. The average molecular weight is 389 g/mol. The Morgan fingerprint density at radius 2 is 1.79 bits per heavy atom. The summed E-state index contributed by atoms with van der Waals surface area (Å²) in [5.74, 6) is -0.372. The zero-order valence-corrected chi connectivity index (χ0v) is 16.1. The average Bonchev–Trinajstić information content (AvgIpc) is 2.74. The van der Waals surface area contributed by atoms with Crippen LogP contribution in [0, 0.1) is 0 Å². The molecule has 0 radical (unpaired) electrons. The predicted octanol–water partition coefficient (Wildman–Crippen LogP) is 3.03. The van der Waals surface area contributed by atoms with Gasteiger partial charge in [-0.2, -0.15) is 0 Å². The summed E-state index contributed by atoms with van der Waals surface area (Å²) in [5.41, 5.74) is 9.11. The molecule has 2 amide bonds. The molecule has 3 rings (SSSR count). The lowest BCUT2D eigenvalue weighted by molar-refractivity contribution is -0.121. The number of para-hydroxylation sites is 2. The number of benzene rings is 2. The summed E-state index contributed by atoms with van der Waals surface area (Å²) < 4.78 is 0. The first-order valence-electron chi connectivity index (χ1n) is 9.22. The lowest BCUT2D eigenvalue weighted by Crippen LogP contribution is -2.37. The minimum Gasteiger partial charge on any atom is -0.397 e. The first kappa shape index (κ1) is 19.9. The number of nitrogens with zero attached hydrogens (tertiary/aromatic N) is 1. The molecule has 1 atom stereocenters. The second-order valence-electron chi connectivity index (χ2n) is 6.56. The van der Waals surface area contributed by atoms with E-state index < -0.39 is 6.04 Å². The van der Waals surface area contributed by atoms with Crippen LogP contribution in [-0.4, -0.2) is 22.8 Å². The van der Waals surface area contributed by atoms with Gasteiger partial charge in [-0.25, -0.2) is 0 Å². The first-order chi connectivity index (χ1) is 14.0. The van der Waals surface area contributed by atoms with Crippen LogP contribution in [0.3, 0.4) is 0 Å². The smallest absolute Gasteiger partial charge is 0.255 e. The molecule has 0 aliphatic rings. The van der Waals surface area contributed by atoms with Gasteiger partial charge in [-0.05, 0) is 48.9 Å². The van der Waals surface area contributed by atoms with Gasteiger partial charge < -0.3 is 21.7 Å². The van der Waals surface area contributed by atoms with E-state index in [1.54, 1.807) is 55.7 Å². The van der Waals surface area contributed by atoms with E-state index in [1.807, 2.05) is 24.3 Å². The van der Waals surface area contributed by atoms with Gasteiger partial charge in [-0.1, -0.05) is 24.3 Å². The number of pyridine rings is 1. The van der Waals surface area contributed by atoms with Gasteiger partial charge in [0.25, 0.3) is 5.91 Å². The van der Waals surface area contributed by atoms with Crippen molar-refractivity contribution < 1.29 is 9.59 Å². The number of hydrogen-bond acceptors (Lipinski definition) is 5. The SMILES string of the molecule is CC(Nc1cccnc1)C(=O)NCc1ccc(C(=O)Nc2ccccc2N)cc1. The van der Waals surface area contributed by atoms with E-state index in [0.29, 0.717) is 23.5 Å². The van der Waals surface area contributed by atoms with Gasteiger partial charge in [-0.3, -0.25) is 14.6 Å². The van der Waals surface area contributed by atoms with Crippen molar-refractivity contribution in [2.45, 2.75) is 19.5 Å². The van der Waals surface area contributed by atoms with Gasteiger partial charge in [0.1, 0.15) is 6.04 Å². The van der Waals surface area contributed by atoms with Crippen LogP contribution in [0.1, 0.15) is 22.8 Å². The van der Waals surface area contributed by atoms with Crippen LogP contribution in [0.4, 0.5) is 17.1 Å². The van der Waals surface area contributed by atoms with Crippen LogP contribution >= 0.6 is 0 Å². The van der Waals surface area contributed by atoms with Crippen molar-refractivity contribution in [1.82, 2.24) is 10.3 Å². The van der Waals surface area contributed by atoms with Crippen molar-refractivity contribution in [2.75, 3.05) is 16.4 Å². The molecule has 5 N–H and O–H groups in total. The second-order valence-corrected chi connectivity index (χ2v) is 6.56. The Hall–Kier alpha value is -3.87.